The van der Waals surface area contributed by atoms with Gasteiger partial charge in [0.05, 0.1) is 0 Å². The van der Waals surface area contributed by atoms with Gasteiger partial charge in [-0.25, -0.2) is 0 Å². The molecular formula is C13H12NO. The first-order chi connectivity index (χ1) is 7.42. The molecule has 0 aliphatic heterocycles. The number of benzene rings is 2. The summed E-state index contributed by atoms with van der Waals surface area (Å²) < 4.78 is 0. The first kappa shape index (κ1) is 9.90. The lowest BCUT2D eigenvalue weighted by atomic mass is 10.0. The standard InChI is InChI=1S/C13H12NO/c14-15-13(11-7-3-1-4-8-11)12-9-5-2-6-10-12/h1-10,13-14H. The second kappa shape index (κ2) is 4.73. The van der Waals surface area contributed by atoms with Gasteiger partial charge in [-0.1, -0.05) is 60.7 Å². The molecule has 0 atom stereocenters. The van der Waals surface area contributed by atoms with E-state index in [0.717, 1.165) is 11.1 Å². The minimum atomic E-state index is -0.299. The molecule has 0 amide bonds. The van der Waals surface area contributed by atoms with E-state index in [2.05, 4.69) is 0 Å². The van der Waals surface area contributed by atoms with Gasteiger partial charge in [-0.05, 0) is 11.1 Å². The van der Waals surface area contributed by atoms with E-state index in [1.807, 2.05) is 60.7 Å². The van der Waals surface area contributed by atoms with Gasteiger partial charge in [-0.2, -0.15) is 0 Å². The monoisotopic (exact) mass is 198 g/mol. The fourth-order valence-corrected chi connectivity index (χ4v) is 1.58. The molecule has 0 bridgehead atoms. The van der Waals surface area contributed by atoms with Crippen molar-refractivity contribution in [2.75, 3.05) is 0 Å². The lowest BCUT2D eigenvalue weighted by Gasteiger charge is -2.14. The molecule has 2 nitrogen and oxygen atoms in total. The summed E-state index contributed by atoms with van der Waals surface area (Å²) in [5.74, 6) is 7.13. The molecule has 2 rings (SSSR count). The van der Waals surface area contributed by atoms with Crippen LogP contribution < -0.4 is 5.90 Å². The molecule has 0 aliphatic rings. The highest BCUT2D eigenvalue weighted by atomic mass is 16.6. The van der Waals surface area contributed by atoms with Crippen molar-refractivity contribution < 1.29 is 4.84 Å². The molecule has 1 radical (unpaired) electrons. The zero-order valence-corrected chi connectivity index (χ0v) is 8.26. The van der Waals surface area contributed by atoms with Gasteiger partial charge in [-0.3, -0.25) is 4.84 Å². The van der Waals surface area contributed by atoms with Crippen LogP contribution in [-0.2, 0) is 4.84 Å². The SMILES string of the molecule is [NH]OC(c1ccccc1)c1ccccc1. The Morgan fingerprint density at radius 2 is 1.13 bits per heavy atom. The maximum Gasteiger partial charge on any atom is 0.131 e. The predicted molar refractivity (Wildman–Crippen MR) is 58.9 cm³/mol. The Hall–Kier alpha value is -1.64. The minimum absolute atomic E-state index is 0.299. The first-order valence-corrected chi connectivity index (χ1v) is 4.84. The number of hydrogen-bond acceptors (Lipinski definition) is 1. The first-order valence-electron chi connectivity index (χ1n) is 4.84. The molecule has 0 heterocycles. The van der Waals surface area contributed by atoms with E-state index in [9.17, 15) is 0 Å². The zero-order valence-electron chi connectivity index (χ0n) is 8.26. The summed E-state index contributed by atoms with van der Waals surface area (Å²) >= 11 is 0. The quantitative estimate of drug-likeness (QED) is 0.698. The van der Waals surface area contributed by atoms with Crippen LogP contribution >= 0.6 is 0 Å². The van der Waals surface area contributed by atoms with E-state index in [1.54, 1.807) is 0 Å². The molecule has 2 heteroatoms. The van der Waals surface area contributed by atoms with Crippen LogP contribution in [0.1, 0.15) is 17.2 Å². The van der Waals surface area contributed by atoms with E-state index in [4.69, 9.17) is 10.7 Å². The average molecular weight is 198 g/mol. The Balaban J connectivity index is 2.34. The van der Waals surface area contributed by atoms with Crippen molar-refractivity contribution in [1.29, 1.82) is 0 Å². The highest BCUT2D eigenvalue weighted by molar-refractivity contribution is 5.29. The molecule has 0 fully saturated rings. The molecular weight excluding hydrogens is 186 g/mol. The van der Waals surface area contributed by atoms with Crippen LogP contribution in [-0.4, -0.2) is 0 Å². The Morgan fingerprint density at radius 3 is 1.47 bits per heavy atom. The summed E-state index contributed by atoms with van der Waals surface area (Å²) in [7, 11) is 0. The van der Waals surface area contributed by atoms with Crippen molar-refractivity contribution in [3.05, 3.63) is 71.8 Å². The van der Waals surface area contributed by atoms with Crippen LogP contribution in [0.3, 0.4) is 0 Å². The van der Waals surface area contributed by atoms with Crippen LogP contribution in [0.2, 0.25) is 0 Å². The van der Waals surface area contributed by atoms with Gasteiger partial charge in [-0.15, -0.1) is 5.90 Å². The van der Waals surface area contributed by atoms with Crippen LogP contribution in [0.4, 0.5) is 0 Å². The summed E-state index contributed by atoms with van der Waals surface area (Å²) in [4.78, 5) is 4.77. The highest BCUT2D eigenvalue weighted by Gasteiger charge is 2.12. The van der Waals surface area contributed by atoms with Gasteiger partial charge in [0.1, 0.15) is 6.10 Å². The smallest absolute Gasteiger partial charge is 0.131 e. The largest absolute Gasteiger partial charge is 0.272 e. The second-order valence-electron chi connectivity index (χ2n) is 3.32. The maximum absolute atomic E-state index is 7.13. The van der Waals surface area contributed by atoms with E-state index >= 15 is 0 Å². The van der Waals surface area contributed by atoms with Crippen LogP contribution in [0, 0.1) is 0 Å². The third-order valence-corrected chi connectivity index (χ3v) is 2.32. The molecule has 0 aromatic heterocycles. The van der Waals surface area contributed by atoms with E-state index < -0.39 is 0 Å². The van der Waals surface area contributed by atoms with Crippen molar-refractivity contribution in [2.24, 2.45) is 0 Å². The highest BCUT2D eigenvalue weighted by Crippen LogP contribution is 2.24. The van der Waals surface area contributed by atoms with Crippen molar-refractivity contribution in [1.82, 2.24) is 5.90 Å². The third kappa shape index (κ3) is 2.24. The lowest BCUT2D eigenvalue weighted by molar-refractivity contribution is 0.0635. The molecule has 0 unspecified atom stereocenters. The van der Waals surface area contributed by atoms with Crippen LogP contribution in [0.25, 0.3) is 0 Å². The van der Waals surface area contributed by atoms with Gasteiger partial charge in [0.2, 0.25) is 0 Å². The van der Waals surface area contributed by atoms with Crippen LogP contribution in [0.15, 0.2) is 60.7 Å². The summed E-state index contributed by atoms with van der Waals surface area (Å²) in [5, 5.41) is 0. The van der Waals surface area contributed by atoms with Crippen molar-refractivity contribution >= 4 is 0 Å². The average Bonchev–Trinajstić information content (AvgIpc) is 2.33. The van der Waals surface area contributed by atoms with Gasteiger partial charge >= 0.3 is 0 Å². The van der Waals surface area contributed by atoms with Gasteiger partial charge in [0, 0.05) is 0 Å². The lowest BCUT2D eigenvalue weighted by Crippen LogP contribution is -2.04. The molecule has 0 saturated carbocycles. The van der Waals surface area contributed by atoms with Crippen molar-refractivity contribution in [2.45, 2.75) is 6.10 Å². The molecule has 2 aromatic carbocycles. The summed E-state index contributed by atoms with van der Waals surface area (Å²) in [6.07, 6.45) is -0.299. The molecule has 1 N–H and O–H groups in total. The van der Waals surface area contributed by atoms with Gasteiger partial charge < -0.3 is 0 Å². The van der Waals surface area contributed by atoms with Gasteiger partial charge in [0.25, 0.3) is 0 Å². The minimum Gasteiger partial charge on any atom is -0.272 e. The summed E-state index contributed by atoms with van der Waals surface area (Å²) in [5.41, 5.74) is 2.00. The molecule has 75 valence electrons. The summed E-state index contributed by atoms with van der Waals surface area (Å²) in [6, 6.07) is 19.6. The maximum atomic E-state index is 7.13. The predicted octanol–water partition coefficient (Wildman–Crippen LogP) is 2.99. The van der Waals surface area contributed by atoms with E-state index in [1.165, 1.54) is 0 Å². The number of hydrogen-bond donors (Lipinski definition) is 0. The van der Waals surface area contributed by atoms with Crippen molar-refractivity contribution in [3.8, 4) is 0 Å². The fourth-order valence-electron chi connectivity index (χ4n) is 1.58. The second-order valence-corrected chi connectivity index (χ2v) is 3.32. The molecule has 0 aliphatic carbocycles. The molecule has 15 heavy (non-hydrogen) atoms. The zero-order chi connectivity index (χ0) is 10.5. The molecule has 0 saturated heterocycles. The Morgan fingerprint density at radius 1 is 0.733 bits per heavy atom. The number of rotatable bonds is 3. The molecule has 2 aromatic rings. The third-order valence-electron chi connectivity index (χ3n) is 2.32. The number of nitrogens with one attached hydrogen (secondary N) is 1. The van der Waals surface area contributed by atoms with Gasteiger partial charge in [0.15, 0.2) is 0 Å². The van der Waals surface area contributed by atoms with E-state index in [0.29, 0.717) is 0 Å². The Labute approximate surface area is 89.3 Å². The van der Waals surface area contributed by atoms with E-state index in [-0.39, 0.29) is 6.10 Å². The molecule has 0 spiro atoms. The Kier molecular flexibility index (Phi) is 3.12. The normalized spacial score (nSPS) is 10.5. The van der Waals surface area contributed by atoms with Crippen molar-refractivity contribution in [3.63, 3.8) is 0 Å². The summed E-state index contributed by atoms with van der Waals surface area (Å²) in [6.45, 7) is 0. The topological polar surface area (TPSA) is 33.0 Å². The Bertz CT molecular complexity index is 360. The fraction of sp³-hybridized carbons (Fsp3) is 0.0769. The van der Waals surface area contributed by atoms with Crippen LogP contribution in [0.5, 0.6) is 0 Å².